The van der Waals surface area contributed by atoms with Crippen LogP contribution >= 0.6 is 12.6 Å². The first kappa shape index (κ1) is 10.5. The molecule has 0 aromatic heterocycles. The minimum Gasteiger partial charge on any atom is -0.497 e. The summed E-state index contributed by atoms with van der Waals surface area (Å²) in [5.74, 6) is 0.910. The Labute approximate surface area is 85.5 Å². The molecular weight excluding hydrogens is 180 g/mol. The van der Waals surface area contributed by atoms with Crippen molar-refractivity contribution in [3.05, 3.63) is 29.3 Å². The smallest absolute Gasteiger partial charge is 0.119 e. The van der Waals surface area contributed by atoms with Gasteiger partial charge >= 0.3 is 0 Å². The van der Waals surface area contributed by atoms with E-state index in [0.717, 1.165) is 12.2 Å². The second kappa shape index (κ2) is 4.56. The first-order chi connectivity index (χ1) is 6.19. The van der Waals surface area contributed by atoms with Gasteiger partial charge in [-0.1, -0.05) is 13.0 Å². The summed E-state index contributed by atoms with van der Waals surface area (Å²) in [5, 5.41) is 0.269. The number of aryl methyl sites for hydroxylation is 1. The largest absolute Gasteiger partial charge is 0.497 e. The predicted molar refractivity (Wildman–Crippen MR) is 59.8 cm³/mol. The Morgan fingerprint density at radius 3 is 2.62 bits per heavy atom. The third kappa shape index (κ3) is 2.41. The number of benzene rings is 1. The zero-order valence-corrected chi connectivity index (χ0v) is 9.27. The Hall–Kier alpha value is -0.630. The van der Waals surface area contributed by atoms with E-state index < -0.39 is 0 Å². The van der Waals surface area contributed by atoms with E-state index in [1.54, 1.807) is 7.11 Å². The van der Waals surface area contributed by atoms with Gasteiger partial charge in [0.2, 0.25) is 0 Å². The second-order valence-corrected chi connectivity index (χ2v) is 3.87. The van der Waals surface area contributed by atoms with Crippen molar-refractivity contribution in [2.45, 2.75) is 25.5 Å². The van der Waals surface area contributed by atoms with Crippen molar-refractivity contribution >= 4 is 12.6 Å². The second-order valence-electron chi connectivity index (χ2n) is 3.09. The van der Waals surface area contributed by atoms with Gasteiger partial charge in [0.1, 0.15) is 5.75 Å². The van der Waals surface area contributed by atoms with Crippen LogP contribution in [0.3, 0.4) is 0 Å². The molecule has 0 spiro atoms. The molecule has 1 rings (SSSR count). The van der Waals surface area contributed by atoms with Crippen molar-refractivity contribution in [2.75, 3.05) is 7.11 Å². The summed E-state index contributed by atoms with van der Waals surface area (Å²) >= 11 is 4.44. The molecule has 1 unspecified atom stereocenters. The molecule has 0 aliphatic carbocycles. The van der Waals surface area contributed by atoms with Crippen LogP contribution in [0.15, 0.2) is 18.2 Å². The number of hydrogen-bond donors (Lipinski definition) is 1. The molecule has 0 N–H and O–H groups in total. The molecule has 13 heavy (non-hydrogen) atoms. The summed E-state index contributed by atoms with van der Waals surface area (Å²) in [6.07, 6.45) is 1.05. The summed E-state index contributed by atoms with van der Waals surface area (Å²) in [6, 6.07) is 6.18. The van der Waals surface area contributed by atoms with E-state index in [2.05, 4.69) is 38.6 Å². The molecule has 0 heterocycles. The molecule has 0 amide bonds. The van der Waals surface area contributed by atoms with E-state index in [9.17, 15) is 0 Å². The molecule has 0 bridgehead atoms. The van der Waals surface area contributed by atoms with Gasteiger partial charge in [-0.15, -0.1) is 0 Å². The fourth-order valence-corrected chi connectivity index (χ4v) is 1.65. The third-order valence-corrected chi connectivity index (χ3v) is 2.46. The summed E-state index contributed by atoms with van der Waals surface area (Å²) in [4.78, 5) is 0. The lowest BCUT2D eigenvalue weighted by atomic mass is 10.0. The highest BCUT2D eigenvalue weighted by atomic mass is 32.1. The zero-order valence-electron chi connectivity index (χ0n) is 8.37. The molecule has 0 aliphatic heterocycles. The van der Waals surface area contributed by atoms with Gasteiger partial charge in [0.15, 0.2) is 0 Å². The molecule has 0 saturated carbocycles. The van der Waals surface area contributed by atoms with Crippen molar-refractivity contribution < 1.29 is 4.74 Å². The predicted octanol–water partition coefficient (Wildman–Crippen LogP) is 3.25. The van der Waals surface area contributed by atoms with Crippen LogP contribution < -0.4 is 4.74 Å². The van der Waals surface area contributed by atoms with Gasteiger partial charge in [-0.05, 0) is 36.6 Å². The molecule has 2 heteroatoms. The highest BCUT2D eigenvalue weighted by Gasteiger charge is 2.06. The van der Waals surface area contributed by atoms with Crippen molar-refractivity contribution in [1.29, 1.82) is 0 Å². The quantitative estimate of drug-likeness (QED) is 0.730. The Morgan fingerprint density at radius 2 is 2.15 bits per heavy atom. The highest BCUT2D eigenvalue weighted by Crippen LogP contribution is 2.27. The number of ether oxygens (including phenoxy) is 1. The normalized spacial score (nSPS) is 12.6. The van der Waals surface area contributed by atoms with Crippen LogP contribution in [0.4, 0.5) is 0 Å². The molecule has 0 aliphatic rings. The lowest BCUT2D eigenvalue weighted by molar-refractivity contribution is 0.414. The average Bonchev–Trinajstić information content (AvgIpc) is 2.16. The van der Waals surface area contributed by atoms with Crippen LogP contribution in [-0.2, 0) is 6.42 Å². The summed E-state index contributed by atoms with van der Waals surface area (Å²) in [7, 11) is 1.69. The minimum absolute atomic E-state index is 0.269. The van der Waals surface area contributed by atoms with Crippen molar-refractivity contribution in [2.24, 2.45) is 0 Å². The van der Waals surface area contributed by atoms with Gasteiger partial charge in [-0.25, -0.2) is 0 Å². The molecule has 72 valence electrons. The Morgan fingerprint density at radius 1 is 1.46 bits per heavy atom. The maximum atomic E-state index is 5.17. The van der Waals surface area contributed by atoms with Crippen LogP contribution in [0.2, 0.25) is 0 Å². The topological polar surface area (TPSA) is 9.23 Å². The Kier molecular flexibility index (Phi) is 3.67. The van der Waals surface area contributed by atoms with Crippen LogP contribution in [-0.4, -0.2) is 7.11 Å². The molecular formula is C11H16OS. The first-order valence-electron chi connectivity index (χ1n) is 4.54. The van der Waals surface area contributed by atoms with Gasteiger partial charge in [-0.3, -0.25) is 0 Å². The van der Waals surface area contributed by atoms with Gasteiger partial charge in [0.05, 0.1) is 7.11 Å². The van der Waals surface area contributed by atoms with Crippen LogP contribution in [0.1, 0.15) is 30.2 Å². The average molecular weight is 196 g/mol. The number of methoxy groups -OCH3 is 1. The molecule has 1 atom stereocenters. The maximum Gasteiger partial charge on any atom is 0.119 e. The van der Waals surface area contributed by atoms with Gasteiger partial charge in [-0.2, -0.15) is 12.6 Å². The summed E-state index contributed by atoms with van der Waals surface area (Å²) < 4.78 is 5.17. The lowest BCUT2D eigenvalue weighted by Crippen LogP contribution is -1.94. The molecule has 0 saturated heterocycles. The summed E-state index contributed by atoms with van der Waals surface area (Å²) in [6.45, 7) is 4.23. The van der Waals surface area contributed by atoms with E-state index in [-0.39, 0.29) is 5.25 Å². The van der Waals surface area contributed by atoms with Gasteiger partial charge in [0, 0.05) is 5.25 Å². The van der Waals surface area contributed by atoms with Crippen molar-refractivity contribution in [3.8, 4) is 5.75 Å². The van der Waals surface area contributed by atoms with E-state index >= 15 is 0 Å². The standard InChI is InChI=1S/C11H16OS/c1-4-9-5-6-10(12-3)7-11(9)8(2)13/h5-8,13H,4H2,1-3H3. The molecule has 0 radical (unpaired) electrons. The fourth-order valence-electron chi connectivity index (χ4n) is 1.41. The van der Waals surface area contributed by atoms with Crippen molar-refractivity contribution in [1.82, 2.24) is 0 Å². The number of rotatable bonds is 3. The fraction of sp³-hybridized carbons (Fsp3) is 0.455. The van der Waals surface area contributed by atoms with Crippen molar-refractivity contribution in [3.63, 3.8) is 0 Å². The van der Waals surface area contributed by atoms with Gasteiger partial charge < -0.3 is 4.74 Å². The zero-order chi connectivity index (χ0) is 9.84. The first-order valence-corrected chi connectivity index (χ1v) is 5.05. The van der Waals surface area contributed by atoms with Crippen LogP contribution in [0.5, 0.6) is 5.75 Å². The molecule has 1 aromatic carbocycles. The Balaban J connectivity index is 3.10. The van der Waals surface area contributed by atoms with E-state index in [1.165, 1.54) is 11.1 Å². The monoisotopic (exact) mass is 196 g/mol. The van der Waals surface area contributed by atoms with Crippen LogP contribution in [0.25, 0.3) is 0 Å². The van der Waals surface area contributed by atoms with E-state index in [1.807, 2.05) is 6.07 Å². The van der Waals surface area contributed by atoms with E-state index in [0.29, 0.717) is 0 Å². The Bertz CT molecular complexity index is 281. The summed E-state index contributed by atoms with van der Waals surface area (Å²) in [5.41, 5.74) is 2.62. The maximum absolute atomic E-state index is 5.17. The SMILES string of the molecule is CCc1ccc(OC)cc1C(C)S. The molecule has 1 aromatic rings. The lowest BCUT2D eigenvalue weighted by Gasteiger charge is -2.12. The molecule has 1 nitrogen and oxygen atoms in total. The minimum atomic E-state index is 0.269. The number of thiol groups is 1. The van der Waals surface area contributed by atoms with Gasteiger partial charge in [0.25, 0.3) is 0 Å². The van der Waals surface area contributed by atoms with Crippen LogP contribution in [0, 0.1) is 0 Å². The number of hydrogen-bond acceptors (Lipinski definition) is 2. The third-order valence-electron chi connectivity index (χ3n) is 2.18. The van der Waals surface area contributed by atoms with E-state index in [4.69, 9.17) is 4.74 Å². The molecule has 0 fully saturated rings. The highest BCUT2D eigenvalue weighted by molar-refractivity contribution is 7.80.